The Morgan fingerprint density at radius 2 is 2.03 bits per heavy atom. The first kappa shape index (κ1) is 19.2. The molecular weight excluding hydrogens is 388 g/mol. The summed E-state index contributed by atoms with van der Waals surface area (Å²) in [5.74, 6) is 0.615. The third-order valence-electron chi connectivity index (χ3n) is 4.20. The number of amides is 1. The number of aryl methyl sites for hydroxylation is 2. The number of benzene rings is 1. The summed E-state index contributed by atoms with van der Waals surface area (Å²) in [5.41, 5.74) is 2.19. The van der Waals surface area contributed by atoms with Crippen molar-refractivity contribution in [1.82, 2.24) is 25.0 Å². The lowest BCUT2D eigenvalue weighted by Crippen LogP contribution is -2.14. The molecular formula is C20H18N6O4. The summed E-state index contributed by atoms with van der Waals surface area (Å²) >= 11 is 0. The molecule has 0 radical (unpaired) electrons. The number of rotatable bonds is 6. The third kappa shape index (κ3) is 4.02. The number of aromatic nitrogens is 5. The van der Waals surface area contributed by atoms with Crippen LogP contribution < -0.4 is 5.32 Å². The Kier molecular flexibility index (Phi) is 4.97. The zero-order valence-electron chi connectivity index (χ0n) is 16.5. The molecule has 1 amide bonds. The van der Waals surface area contributed by atoms with Gasteiger partial charge in [-0.1, -0.05) is 23.8 Å². The fourth-order valence-corrected chi connectivity index (χ4v) is 2.84. The molecule has 152 valence electrons. The largest absolute Gasteiger partial charge is 0.446 e. The van der Waals surface area contributed by atoms with Gasteiger partial charge in [-0.15, -0.1) is 5.10 Å². The zero-order chi connectivity index (χ0) is 21.3. The number of carbonyl (C=O) groups is 2. The highest BCUT2D eigenvalue weighted by atomic mass is 16.4. The van der Waals surface area contributed by atoms with E-state index in [1.54, 1.807) is 6.92 Å². The molecule has 10 nitrogen and oxygen atoms in total. The lowest BCUT2D eigenvalue weighted by molar-refractivity contribution is 0.100. The van der Waals surface area contributed by atoms with Crippen molar-refractivity contribution in [3.05, 3.63) is 65.5 Å². The Balaban J connectivity index is 1.50. The van der Waals surface area contributed by atoms with Crippen molar-refractivity contribution in [2.45, 2.75) is 27.3 Å². The van der Waals surface area contributed by atoms with E-state index in [1.807, 2.05) is 31.2 Å². The van der Waals surface area contributed by atoms with Gasteiger partial charge in [-0.25, -0.2) is 9.97 Å². The number of ketones is 1. The molecule has 0 saturated carbocycles. The van der Waals surface area contributed by atoms with Gasteiger partial charge in [0.25, 0.3) is 5.91 Å². The molecule has 0 aliphatic rings. The lowest BCUT2D eigenvalue weighted by Gasteiger charge is -2.02. The molecule has 0 bridgehead atoms. The van der Waals surface area contributed by atoms with E-state index in [9.17, 15) is 9.59 Å². The number of hydrogen-bond donors (Lipinski definition) is 1. The van der Waals surface area contributed by atoms with E-state index in [0.29, 0.717) is 11.7 Å². The summed E-state index contributed by atoms with van der Waals surface area (Å²) in [5, 5.41) is 10.9. The second-order valence-electron chi connectivity index (χ2n) is 6.68. The van der Waals surface area contributed by atoms with Gasteiger partial charge in [0.15, 0.2) is 28.9 Å². The molecule has 1 N–H and O–H groups in total. The number of nitrogens with one attached hydrogen (secondary N) is 1. The van der Waals surface area contributed by atoms with E-state index < -0.39 is 5.91 Å². The highest BCUT2D eigenvalue weighted by Gasteiger charge is 2.21. The maximum atomic E-state index is 12.8. The van der Waals surface area contributed by atoms with Gasteiger partial charge >= 0.3 is 0 Å². The zero-order valence-corrected chi connectivity index (χ0v) is 16.5. The molecule has 4 aromatic rings. The minimum atomic E-state index is -0.467. The van der Waals surface area contributed by atoms with Gasteiger partial charge in [-0.2, -0.15) is 9.90 Å². The van der Waals surface area contributed by atoms with Crippen LogP contribution in [0.15, 0.2) is 45.6 Å². The first-order valence-electron chi connectivity index (χ1n) is 9.10. The van der Waals surface area contributed by atoms with Gasteiger partial charge in [0.1, 0.15) is 18.5 Å². The van der Waals surface area contributed by atoms with E-state index in [2.05, 4.69) is 25.5 Å². The Bertz CT molecular complexity index is 1240. The minimum Gasteiger partial charge on any atom is -0.446 e. The molecule has 10 heteroatoms. The monoisotopic (exact) mass is 406 g/mol. The number of Topliss-reactive ketones (excluding diaryl/α,β-unsaturated/α-hetero) is 1. The molecule has 0 fully saturated rings. The van der Waals surface area contributed by atoms with Crippen molar-refractivity contribution >= 4 is 17.5 Å². The Labute approximate surface area is 170 Å². The number of nitrogens with zero attached hydrogens (tertiary/aromatic N) is 5. The predicted octanol–water partition coefficient (Wildman–Crippen LogP) is 3.04. The maximum Gasteiger partial charge on any atom is 0.279 e. The predicted molar refractivity (Wildman–Crippen MR) is 105 cm³/mol. The number of anilines is 1. The molecule has 0 aliphatic carbocycles. The van der Waals surface area contributed by atoms with Gasteiger partial charge in [0.2, 0.25) is 5.89 Å². The molecule has 1 aromatic carbocycles. The van der Waals surface area contributed by atoms with Crippen molar-refractivity contribution in [1.29, 1.82) is 0 Å². The third-order valence-corrected chi connectivity index (χ3v) is 4.20. The second-order valence-corrected chi connectivity index (χ2v) is 6.68. The van der Waals surface area contributed by atoms with Crippen LogP contribution in [-0.2, 0) is 6.54 Å². The average molecular weight is 406 g/mol. The van der Waals surface area contributed by atoms with Crippen LogP contribution >= 0.6 is 0 Å². The molecule has 3 aromatic heterocycles. The van der Waals surface area contributed by atoms with E-state index in [4.69, 9.17) is 8.83 Å². The van der Waals surface area contributed by atoms with Crippen molar-refractivity contribution in [3.8, 4) is 11.3 Å². The van der Waals surface area contributed by atoms with Crippen molar-refractivity contribution in [2.75, 3.05) is 5.32 Å². The minimum absolute atomic E-state index is 0.112. The number of carbonyl (C=O) groups excluding carboxylic acids is 2. The fourth-order valence-electron chi connectivity index (χ4n) is 2.84. The molecule has 30 heavy (non-hydrogen) atoms. The normalized spacial score (nSPS) is 10.9. The fraction of sp³-hybridized carbons (Fsp3) is 0.200. The molecule has 4 rings (SSSR count). The highest BCUT2D eigenvalue weighted by molar-refractivity contribution is 6.05. The summed E-state index contributed by atoms with van der Waals surface area (Å²) in [7, 11) is 0. The lowest BCUT2D eigenvalue weighted by atomic mass is 10.1. The van der Waals surface area contributed by atoms with E-state index in [0.717, 1.165) is 11.1 Å². The van der Waals surface area contributed by atoms with Crippen LogP contribution in [0.2, 0.25) is 0 Å². The summed E-state index contributed by atoms with van der Waals surface area (Å²) in [6.07, 6.45) is 2.68. The number of oxazole rings is 2. The van der Waals surface area contributed by atoms with Gasteiger partial charge in [0.05, 0.1) is 6.20 Å². The van der Waals surface area contributed by atoms with Gasteiger partial charge in [0, 0.05) is 19.4 Å². The molecule has 3 heterocycles. The smallest absolute Gasteiger partial charge is 0.279 e. The van der Waals surface area contributed by atoms with Gasteiger partial charge in [-0.05, 0) is 13.0 Å². The van der Waals surface area contributed by atoms with Crippen LogP contribution in [-0.4, -0.2) is 36.7 Å². The van der Waals surface area contributed by atoms with Crippen molar-refractivity contribution in [3.63, 3.8) is 0 Å². The highest BCUT2D eigenvalue weighted by Crippen LogP contribution is 2.26. The Hall–Kier alpha value is -4.08. The molecule has 0 atom stereocenters. The first-order valence-corrected chi connectivity index (χ1v) is 9.10. The Morgan fingerprint density at radius 3 is 2.77 bits per heavy atom. The summed E-state index contributed by atoms with van der Waals surface area (Å²) < 4.78 is 10.9. The van der Waals surface area contributed by atoms with Crippen molar-refractivity contribution < 1.29 is 18.4 Å². The van der Waals surface area contributed by atoms with Crippen LogP contribution in [0.25, 0.3) is 11.3 Å². The maximum absolute atomic E-state index is 12.8. The summed E-state index contributed by atoms with van der Waals surface area (Å²) in [6.45, 7) is 5.15. The standard InChI is InChI=1S/C20H18N6O4/c1-11-5-4-6-14(7-11)19-18(22-13(3)30-19)20(28)24-16-8-21-26(25-16)9-17-23-15(10-29-17)12(2)27/h4-8,10H,9H2,1-3H3,(H,24,25,28). The van der Waals surface area contributed by atoms with E-state index >= 15 is 0 Å². The average Bonchev–Trinajstić information content (AvgIpc) is 3.42. The van der Waals surface area contributed by atoms with Crippen LogP contribution in [0, 0.1) is 13.8 Å². The van der Waals surface area contributed by atoms with Crippen LogP contribution in [0.1, 0.15) is 45.2 Å². The SMILES string of the molecule is CC(=O)c1coc(Cn2ncc(NC(=O)c3nc(C)oc3-c3cccc(C)c3)n2)n1. The van der Waals surface area contributed by atoms with Gasteiger partial charge in [-0.3, -0.25) is 9.59 Å². The quantitative estimate of drug-likeness (QED) is 0.484. The summed E-state index contributed by atoms with van der Waals surface area (Å²) in [4.78, 5) is 33.6. The van der Waals surface area contributed by atoms with Crippen LogP contribution in [0.5, 0.6) is 0 Å². The van der Waals surface area contributed by atoms with Crippen molar-refractivity contribution in [2.24, 2.45) is 0 Å². The summed E-state index contributed by atoms with van der Waals surface area (Å²) in [6, 6.07) is 7.61. The molecule has 0 unspecified atom stereocenters. The molecule has 0 spiro atoms. The Morgan fingerprint density at radius 1 is 1.20 bits per heavy atom. The second kappa shape index (κ2) is 7.74. The number of hydrogen-bond acceptors (Lipinski definition) is 8. The van der Waals surface area contributed by atoms with Gasteiger partial charge < -0.3 is 14.2 Å². The first-order chi connectivity index (χ1) is 14.4. The topological polar surface area (TPSA) is 129 Å². The molecule has 0 aliphatic heterocycles. The van der Waals surface area contributed by atoms with E-state index in [1.165, 1.54) is 24.2 Å². The molecule has 0 saturated heterocycles. The van der Waals surface area contributed by atoms with Crippen LogP contribution in [0.4, 0.5) is 5.82 Å². The van der Waals surface area contributed by atoms with E-state index in [-0.39, 0.29) is 35.4 Å². The van der Waals surface area contributed by atoms with Crippen LogP contribution in [0.3, 0.4) is 0 Å².